The average molecular weight is 505 g/mol. The highest BCUT2D eigenvalue weighted by molar-refractivity contribution is 7.98. The molecule has 5 rings (SSSR count). The molecule has 1 aliphatic rings. The minimum Gasteiger partial charge on any atom is -0.140 e. The lowest BCUT2D eigenvalue weighted by Gasteiger charge is -2.07. The molecule has 4 heteroatoms. The molecule has 0 saturated heterocycles. The molecule has 1 aliphatic carbocycles. The Morgan fingerprint density at radius 3 is 1.36 bits per heavy atom. The normalized spacial score (nSPS) is 13.8. The molecule has 4 aromatic rings. The number of hydrogen-bond acceptors (Lipinski definition) is 4. The Morgan fingerprint density at radius 1 is 0.606 bits per heavy atom. The highest BCUT2D eigenvalue weighted by atomic mass is 32.2. The van der Waals surface area contributed by atoms with Crippen molar-refractivity contribution in [2.45, 2.75) is 42.9 Å². The highest BCUT2D eigenvalue weighted by Gasteiger charge is 2.23. The van der Waals surface area contributed by atoms with Crippen molar-refractivity contribution in [1.82, 2.24) is 0 Å². The first-order valence-electron chi connectivity index (χ1n) is 11.3. The second-order valence-electron chi connectivity index (χ2n) is 8.43. The molecule has 0 N–H and O–H groups in total. The summed E-state index contributed by atoms with van der Waals surface area (Å²) in [6, 6.07) is 22.9. The Labute approximate surface area is 214 Å². The van der Waals surface area contributed by atoms with Gasteiger partial charge in [-0.1, -0.05) is 24.3 Å². The van der Waals surface area contributed by atoms with Crippen LogP contribution in [0.5, 0.6) is 0 Å². The summed E-state index contributed by atoms with van der Waals surface area (Å²) in [7, 11) is 0. The van der Waals surface area contributed by atoms with Crippen LogP contribution in [0, 0.1) is 13.8 Å². The molecule has 2 aromatic carbocycles. The first-order chi connectivity index (χ1) is 16.1. The van der Waals surface area contributed by atoms with Gasteiger partial charge in [0.25, 0.3) is 0 Å². The van der Waals surface area contributed by atoms with Crippen LogP contribution in [-0.2, 0) is 0 Å². The number of aryl methyl sites for hydroxylation is 2. The zero-order valence-corrected chi connectivity index (χ0v) is 22.8. The van der Waals surface area contributed by atoms with Crippen molar-refractivity contribution in [3.8, 4) is 20.9 Å². The quantitative estimate of drug-likeness (QED) is 0.239. The third-order valence-electron chi connectivity index (χ3n) is 6.45. The van der Waals surface area contributed by atoms with Crippen molar-refractivity contribution in [1.29, 1.82) is 0 Å². The van der Waals surface area contributed by atoms with Gasteiger partial charge in [-0.05, 0) is 115 Å². The molecule has 168 valence electrons. The van der Waals surface area contributed by atoms with Gasteiger partial charge in [0.15, 0.2) is 0 Å². The van der Waals surface area contributed by atoms with E-state index < -0.39 is 0 Å². The van der Waals surface area contributed by atoms with Gasteiger partial charge in [0.05, 0.1) is 0 Å². The summed E-state index contributed by atoms with van der Waals surface area (Å²) in [5, 5.41) is 0. The minimum absolute atomic E-state index is 1.19. The van der Waals surface area contributed by atoms with Gasteiger partial charge in [-0.2, -0.15) is 0 Å². The smallest absolute Gasteiger partial charge is 0.0351 e. The van der Waals surface area contributed by atoms with Gasteiger partial charge < -0.3 is 0 Å². The van der Waals surface area contributed by atoms with Crippen LogP contribution in [0.2, 0.25) is 0 Å². The Bertz CT molecular complexity index is 1200. The van der Waals surface area contributed by atoms with Crippen molar-refractivity contribution >= 4 is 57.3 Å². The van der Waals surface area contributed by atoms with E-state index in [0.717, 1.165) is 0 Å². The van der Waals surface area contributed by atoms with Crippen LogP contribution in [0.1, 0.15) is 40.1 Å². The van der Waals surface area contributed by atoms with Gasteiger partial charge in [0, 0.05) is 29.3 Å². The summed E-state index contributed by atoms with van der Waals surface area (Å²) in [5.74, 6) is 0. The van der Waals surface area contributed by atoms with Crippen LogP contribution in [0.25, 0.3) is 32.0 Å². The third kappa shape index (κ3) is 4.64. The van der Waals surface area contributed by atoms with E-state index in [9.17, 15) is 0 Å². The van der Waals surface area contributed by atoms with Crippen LogP contribution in [0.3, 0.4) is 0 Å². The summed E-state index contributed by atoms with van der Waals surface area (Å²) in [6.45, 7) is 4.59. The summed E-state index contributed by atoms with van der Waals surface area (Å²) in [6.07, 6.45) is 7.89. The van der Waals surface area contributed by atoms with Crippen LogP contribution in [0.4, 0.5) is 0 Å². The van der Waals surface area contributed by atoms with Gasteiger partial charge in [-0.3, -0.25) is 0 Å². The summed E-state index contributed by atoms with van der Waals surface area (Å²) < 4.78 is 0. The molecular weight excluding hydrogens is 477 g/mol. The Hall–Kier alpha value is -1.72. The molecule has 0 nitrogen and oxygen atoms in total. The van der Waals surface area contributed by atoms with Gasteiger partial charge >= 0.3 is 0 Å². The molecule has 0 bridgehead atoms. The zero-order valence-electron chi connectivity index (χ0n) is 19.5. The molecule has 0 radical (unpaired) electrons. The minimum atomic E-state index is 1.19. The van der Waals surface area contributed by atoms with E-state index in [1.165, 1.54) is 70.8 Å². The summed E-state index contributed by atoms with van der Waals surface area (Å²) in [5.41, 5.74) is 8.73. The molecule has 0 unspecified atom stereocenters. The van der Waals surface area contributed by atoms with Crippen molar-refractivity contribution in [3.63, 3.8) is 0 Å². The summed E-state index contributed by atoms with van der Waals surface area (Å²) >= 11 is 7.47. The lowest BCUT2D eigenvalue weighted by atomic mass is 9.96. The van der Waals surface area contributed by atoms with Crippen LogP contribution < -0.4 is 0 Å². The maximum atomic E-state index is 2.44. The van der Waals surface area contributed by atoms with Crippen LogP contribution in [0.15, 0.2) is 70.5 Å². The van der Waals surface area contributed by atoms with E-state index >= 15 is 0 Å². The molecule has 0 amide bonds. The van der Waals surface area contributed by atoms with Gasteiger partial charge in [0.1, 0.15) is 0 Å². The van der Waals surface area contributed by atoms with E-state index in [1.54, 1.807) is 34.7 Å². The average Bonchev–Trinajstić information content (AvgIpc) is 3.57. The number of rotatable bonds is 6. The van der Waals surface area contributed by atoms with E-state index in [0.29, 0.717) is 0 Å². The van der Waals surface area contributed by atoms with Gasteiger partial charge in [-0.25, -0.2) is 0 Å². The van der Waals surface area contributed by atoms with E-state index in [2.05, 4.69) is 87.0 Å². The Kier molecular flexibility index (Phi) is 6.89. The molecule has 0 spiro atoms. The number of thiophene rings is 2. The fourth-order valence-corrected chi connectivity index (χ4v) is 7.62. The fourth-order valence-electron chi connectivity index (χ4n) is 4.70. The van der Waals surface area contributed by atoms with E-state index in [-0.39, 0.29) is 0 Å². The van der Waals surface area contributed by atoms with E-state index in [1.807, 2.05) is 22.7 Å². The zero-order chi connectivity index (χ0) is 22.9. The predicted octanol–water partition coefficient (Wildman–Crippen LogP) is 10.3. The molecule has 2 aromatic heterocycles. The van der Waals surface area contributed by atoms with Crippen LogP contribution in [-0.4, -0.2) is 12.5 Å². The molecule has 0 atom stereocenters. The van der Waals surface area contributed by atoms with E-state index in [4.69, 9.17) is 0 Å². The molecule has 0 fully saturated rings. The second kappa shape index (κ2) is 9.87. The number of allylic oxidation sites excluding steroid dienone is 2. The van der Waals surface area contributed by atoms with Crippen molar-refractivity contribution in [2.24, 2.45) is 0 Å². The third-order valence-corrected chi connectivity index (χ3v) is 10.1. The highest BCUT2D eigenvalue weighted by Crippen LogP contribution is 2.47. The Balaban J connectivity index is 1.51. The maximum absolute atomic E-state index is 2.44. The molecule has 2 heterocycles. The Morgan fingerprint density at radius 2 is 1.00 bits per heavy atom. The molecule has 33 heavy (non-hydrogen) atoms. The van der Waals surface area contributed by atoms with Crippen molar-refractivity contribution in [3.05, 3.63) is 81.5 Å². The lowest BCUT2D eigenvalue weighted by Crippen LogP contribution is -1.86. The monoisotopic (exact) mass is 504 g/mol. The van der Waals surface area contributed by atoms with Crippen molar-refractivity contribution < 1.29 is 0 Å². The predicted molar refractivity (Wildman–Crippen MR) is 153 cm³/mol. The topological polar surface area (TPSA) is 0 Å². The molecule has 0 aliphatic heterocycles. The van der Waals surface area contributed by atoms with Crippen LogP contribution >= 0.6 is 46.2 Å². The standard InChI is InChI=1S/C29H28S4/c1-18-26(16-28(32-18)20-8-12-22(30-3)13-9-20)24-6-5-7-25(24)27-17-29(33-19(27)2)21-10-14-23(31-4)15-11-21/h8-17H,5-7H2,1-4H3. The number of hydrogen-bond donors (Lipinski definition) is 0. The first-order valence-corrected chi connectivity index (χ1v) is 15.4. The first kappa shape index (κ1) is 23.0. The summed E-state index contributed by atoms with van der Waals surface area (Å²) in [4.78, 5) is 8.28. The number of thioether (sulfide) groups is 2. The SMILES string of the molecule is CSc1ccc(-c2cc(C3=C(c4cc(-c5ccc(SC)cc5)sc4C)CCC3)c(C)s2)cc1. The molecular formula is C29H28S4. The largest absolute Gasteiger partial charge is 0.140 e. The fraction of sp³-hybridized carbons (Fsp3) is 0.241. The molecule has 0 saturated carbocycles. The van der Waals surface area contributed by atoms with Gasteiger partial charge in [-0.15, -0.1) is 46.2 Å². The second-order valence-corrected chi connectivity index (χ2v) is 12.7. The van der Waals surface area contributed by atoms with Gasteiger partial charge in [0.2, 0.25) is 0 Å². The number of benzene rings is 2. The maximum Gasteiger partial charge on any atom is 0.0351 e. The lowest BCUT2D eigenvalue weighted by molar-refractivity contribution is 0.941. The van der Waals surface area contributed by atoms with Crippen molar-refractivity contribution in [2.75, 3.05) is 12.5 Å².